The molecule has 3 atom stereocenters. The molecule has 2 saturated heterocycles. The maximum absolute atomic E-state index is 6.06. The van der Waals surface area contributed by atoms with Crippen molar-refractivity contribution in [2.75, 3.05) is 26.4 Å². The molecule has 2 aliphatic heterocycles. The zero-order chi connectivity index (χ0) is 21.8. The molecule has 1 aliphatic carbocycles. The van der Waals surface area contributed by atoms with Crippen LogP contribution in [0, 0.1) is 0 Å². The number of rotatable bonds is 11. The summed E-state index contributed by atoms with van der Waals surface area (Å²) >= 11 is 0. The van der Waals surface area contributed by atoms with Gasteiger partial charge in [0, 0.05) is 0 Å². The molecule has 2 aromatic rings. The van der Waals surface area contributed by atoms with E-state index in [1.165, 1.54) is 41.5 Å². The molecule has 2 heterocycles. The third-order valence-corrected chi connectivity index (χ3v) is 6.66. The lowest BCUT2D eigenvalue weighted by molar-refractivity contribution is 0.261. The third-order valence-electron chi connectivity index (χ3n) is 6.66. The molecule has 0 saturated carbocycles. The Labute approximate surface area is 191 Å². The summed E-state index contributed by atoms with van der Waals surface area (Å²) in [7, 11) is 0. The average Bonchev–Trinajstić information content (AvgIpc) is 3.76. The Hall–Kier alpha value is -2.30. The predicted octanol–water partition coefficient (Wildman–Crippen LogP) is 5.94. The van der Waals surface area contributed by atoms with Gasteiger partial charge in [-0.2, -0.15) is 0 Å². The van der Waals surface area contributed by atoms with Gasteiger partial charge in [0.25, 0.3) is 0 Å². The molecule has 4 nitrogen and oxygen atoms in total. The van der Waals surface area contributed by atoms with Crippen molar-refractivity contribution in [3.8, 4) is 11.5 Å². The van der Waals surface area contributed by atoms with Gasteiger partial charge in [0.2, 0.25) is 0 Å². The topological polar surface area (TPSA) is 43.5 Å². The molecule has 4 heteroatoms. The maximum Gasteiger partial charge on any atom is 0.122 e. The molecule has 0 radical (unpaired) electrons. The first-order valence-electron chi connectivity index (χ1n) is 12.2. The van der Waals surface area contributed by atoms with Gasteiger partial charge in [0.15, 0.2) is 0 Å². The van der Waals surface area contributed by atoms with Crippen molar-refractivity contribution in [2.45, 2.75) is 63.6 Å². The minimum atomic E-state index is 0.291. The maximum atomic E-state index is 6.06. The van der Waals surface area contributed by atoms with E-state index in [0.29, 0.717) is 31.3 Å². The fourth-order valence-electron chi connectivity index (χ4n) is 4.42. The number of hydrogen-bond acceptors (Lipinski definition) is 4. The summed E-state index contributed by atoms with van der Waals surface area (Å²) in [6.07, 6.45) is 9.88. The lowest BCUT2D eigenvalue weighted by atomic mass is 9.82. The van der Waals surface area contributed by atoms with Crippen molar-refractivity contribution >= 4 is 5.57 Å². The van der Waals surface area contributed by atoms with Gasteiger partial charge in [-0.15, -0.1) is 0 Å². The highest BCUT2D eigenvalue weighted by Crippen LogP contribution is 2.38. The van der Waals surface area contributed by atoms with E-state index in [4.69, 9.17) is 18.9 Å². The lowest BCUT2D eigenvalue weighted by Gasteiger charge is -2.23. The molecule has 0 N–H and O–H groups in total. The van der Waals surface area contributed by atoms with Crippen molar-refractivity contribution in [2.24, 2.45) is 0 Å². The Bertz CT molecular complexity index is 925. The van der Waals surface area contributed by atoms with Crippen LogP contribution in [-0.4, -0.2) is 38.6 Å². The molecule has 0 aromatic heterocycles. The number of unbranched alkanes of at least 4 members (excludes halogenated alkanes) is 1. The highest BCUT2D eigenvalue weighted by atomic mass is 16.6. The second kappa shape index (κ2) is 10.1. The van der Waals surface area contributed by atoms with Gasteiger partial charge in [-0.05, 0) is 84.6 Å². The normalized spacial score (nSPS) is 24.0. The quantitative estimate of drug-likeness (QED) is 0.411. The molecule has 170 valence electrons. The number of aryl methyl sites for hydroxylation is 1. The van der Waals surface area contributed by atoms with Crippen LogP contribution in [0.15, 0.2) is 48.5 Å². The molecule has 3 unspecified atom stereocenters. The number of allylic oxidation sites excluding steroid dienone is 2. The van der Waals surface area contributed by atoms with E-state index in [9.17, 15) is 0 Å². The molecular formula is C28H34O4. The van der Waals surface area contributed by atoms with Crippen LogP contribution in [0.25, 0.3) is 5.57 Å². The Morgan fingerprint density at radius 1 is 0.938 bits per heavy atom. The fourth-order valence-corrected chi connectivity index (χ4v) is 4.42. The highest BCUT2D eigenvalue weighted by molar-refractivity contribution is 5.68. The Morgan fingerprint density at radius 3 is 2.34 bits per heavy atom. The smallest absolute Gasteiger partial charge is 0.122 e. The van der Waals surface area contributed by atoms with Crippen LogP contribution in [-0.2, 0) is 15.9 Å². The zero-order valence-corrected chi connectivity index (χ0v) is 19.1. The predicted molar refractivity (Wildman–Crippen MR) is 127 cm³/mol. The summed E-state index contributed by atoms with van der Waals surface area (Å²) in [5.41, 5.74) is 5.57. The first kappa shape index (κ1) is 21.5. The minimum absolute atomic E-state index is 0.291. The number of benzene rings is 2. The van der Waals surface area contributed by atoms with Gasteiger partial charge in [0.1, 0.15) is 36.9 Å². The van der Waals surface area contributed by atoms with Crippen molar-refractivity contribution in [1.82, 2.24) is 0 Å². The first-order chi connectivity index (χ1) is 15.8. The van der Waals surface area contributed by atoms with Crippen LogP contribution in [0.5, 0.6) is 11.5 Å². The summed E-state index contributed by atoms with van der Waals surface area (Å²) in [5.74, 6) is 2.55. The Balaban J connectivity index is 1.22. The van der Waals surface area contributed by atoms with Gasteiger partial charge in [-0.3, -0.25) is 0 Å². The van der Waals surface area contributed by atoms with Crippen LogP contribution in [0.1, 0.15) is 61.6 Å². The minimum Gasteiger partial charge on any atom is -0.491 e. The van der Waals surface area contributed by atoms with Gasteiger partial charge in [-0.25, -0.2) is 0 Å². The number of hydrogen-bond donors (Lipinski definition) is 0. The standard InChI is InChI=1S/C28H34O4/c1-2-3-4-24-15-23(11-14-28(24)32-19-27-18-31-27)22-7-5-20(6-8-22)21-9-12-25(13-10-21)29-16-26-17-30-26/h7,9-15,20,26-27H,2-6,8,16-19H2,1H3. The van der Waals surface area contributed by atoms with Crippen molar-refractivity contribution in [1.29, 1.82) is 0 Å². The van der Waals surface area contributed by atoms with E-state index in [2.05, 4.69) is 55.5 Å². The van der Waals surface area contributed by atoms with Crippen molar-refractivity contribution < 1.29 is 18.9 Å². The summed E-state index contributed by atoms with van der Waals surface area (Å²) in [4.78, 5) is 0. The van der Waals surface area contributed by atoms with E-state index in [0.717, 1.165) is 44.0 Å². The van der Waals surface area contributed by atoms with E-state index in [-0.39, 0.29) is 0 Å². The molecule has 2 aromatic carbocycles. The largest absolute Gasteiger partial charge is 0.491 e. The molecule has 2 fully saturated rings. The Kier molecular flexibility index (Phi) is 6.80. The lowest BCUT2D eigenvalue weighted by Crippen LogP contribution is -2.07. The molecule has 0 bridgehead atoms. The summed E-state index contributed by atoms with van der Waals surface area (Å²) in [5, 5.41) is 0. The van der Waals surface area contributed by atoms with Gasteiger partial charge in [0.05, 0.1) is 13.2 Å². The van der Waals surface area contributed by atoms with Gasteiger partial charge >= 0.3 is 0 Å². The molecule has 0 amide bonds. The first-order valence-corrected chi connectivity index (χ1v) is 12.2. The van der Waals surface area contributed by atoms with E-state index in [1.807, 2.05) is 0 Å². The van der Waals surface area contributed by atoms with Crippen LogP contribution in [0.4, 0.5) is 0 Å². The fraction of sp³-hybridized carbons (Fsp3) is 0.500. The zero-order valence-electron chi connectivity index (χ0n) is 19.1. The van der Waals surface area contributed by atoms with Gasteiger partial charge in [-0.1, -0.05) is 37.6 Å². The Morgan fingerprint density at radius 2 is 1.69 bits per heavy atom. The summed E-state index contributed by atoms with van der Waals surface area (Å²) in [6.45, 7) is 5.24. The summed E-state index contributed by atoms with van der Waals surface area (Å²) in [6, 6.07) is 15.4. The van der Waals surface area contributed by atoms with Crippen LogP contribution >= 0.6 is 0 Å². The molecular weight excluding hydrogens is 400 g/mol. The number of epoxide rings is 2. The highest BCUT2D eigenvalue weighted by Gasteiger charge is 2.24. The van der Waals surface area contributed by atoms with Gasteiger partial charge < -0.3 is 18.9 Å². The van der Waals surface area contributed by atoms with E-state index >= 15 is 0 Å². The molecule has 32 heavy (non-hydrogen) atoms. The van der Waals surface area contributed by atoms with Crippen molar-refractivity contribution in [3.05, 3.63) is 65.2 Å². The summed E-state index contributed by atoms with van der Waals surface area (Å²) < 4.78 is 22.3. The molecule has 5 rings (SSSR count). The van der Waals surface area contributed by atoms with Crippen LogP contribution in [0.3, 0.4) is 0 Å². The van der Waals surface area contributed by atoms with E-state index in [1.54, 1.807) is 0 Å². The van der Waals surface area contributed by atoms with Crippen molar-refractivity contribution in [3.63, 3.8) is 0 Å². The van der Waals surface area contributed by atoms with Crippen LogP contribution < -0.4 is 9.47 Å². The average molecular weight is 435 g/mol. The molecule has 0 spiro atoms. The van der Waals surface area contributed by atoms with Crippen LogP contribution in [0.2, 0.25) is 0 Å². The molecule has 3 aliphatic rings. The second-order valence-corrected chi connectivity index (χ2v) is 9.23. The van der Waals surface area contributed by atoms with E-state index < -0.39 is 0 Å². The third kappa shape index (κ3) is 5.73. The second-order valence-electron chi connectivity index (χ2n) is 9.23. The number of ether oxygens (including phenoxy) is 4. The monoisotopic (exact) mass is 434 g/mol. The SMILES string of the molecule is CCCCc1cc(C2=CCC(c3ccc(OCC4CO4)cc3)CC2)ccc1OCC1CO1.